The lowest BCUT2D eigenvalue weighted by molar-refractivity contribution is -0.146. The molecule has 1 aromatic carbocycles. The van der Waals surface area contributed by atoms with E-state index in [2.05, 4.69) is 26.6 Å². The van der Waals surface area contributed by atoms with E-state index in [9.17, 15) is 37.2 Å². The smallest absolute Gasteiger partial charge is 0.410 e. The summed E-state index contributed by atoms with van der Waals surface area (Å²) in [6, 6.07) is 3.36. The summed E-state index contributed by atoms with van der Waals surface area (Å²) in [5.74, 6) is -4.49. The normalized spacial score (nSPS) is 28.1. The van der Waals surface area contributed by atoms with Gasteiger partial charge in [0.2, 0.25) is 21.8 Å². The summed E-state index contributed by atoms with van der Waals surface area (Å²) in [6.07, 6.45) is 7.94. The van der Waals surface area contributed by atoms with Crippen molar-refractivity contribution in [2.45, 2.75) is 95.8 Å². The van der Waals surface area contributed by atoms with Gasteiger partial charge in [0.15, 0.2) is 11.6 Å². The Morgan fingerprint density at radius 1 is 1.10 bits per heavy atom. The van der Waals surface area contributed by atoms with Gasteiger partial charge >= 0.3 is 6.09 Å². The van der Waals surface area contributed by atoms with Gasteiger partial charge in [0, 0.05) is 44.1 Å². The first-order chi connectivity index (χ1) is 28.0. The summed E-state index contributed by atoms with van der Waals surface area (Å²) in [7, 11) is -3.91. The van der Waals surface area contributed by atoms with Crippen LogP contribution in [0, 0.1) is 22.7 Å². The Balaban J connectivity index is 1.20. The van der Waals surface area contributed by atoms with Gasteiger partial charge in [0.05, 0.1) is 49.2 Å². The zero-order chi connectivity index (χ0) is 42.3. The SMILES string of the molecule is C=C[C@@H]1C[C@]1(CC(=O)[C@@H]1C[C@@H]2CN1C(=O)[C@H](C(C)(C)C)CC(=O)[C@@H](NC(=O)c1cnccn1)COC/C=C/c1cccc3c1CN(C3)C(=O)O2)C(=O)NS(=O)(=O)C1CC1. The fourth-order valence-corrected chi connectivity index (χ4v) is 9.68. The molecule has 2 aromatic rings. The van der Waals surface area contributed by atoms with E-state index < -0.39 is 91.5 Å². The molecule has 59 heavy (non-hydrogen) atoms. The largest absolute Gasteiger partial charge is 0.444 e. The first-order valence-corrected chi connectivity index (χ1v) is 21.5. The van der Waals surface area contributed by atoms with Crippen molar-refractivity contribution in [3.63, 3.8) is 0 Å². The molecule has 3 aliphatic heterocycles. The number of fused-ring (bicyclic) bond motifs is 3. The molecule has 4 bridgehead atoms. The second-order valence-corrected chi connectivity index (χ2v) is 19.2. The number of Topliss-reactive ketones (excluding diaryl/α,β-unsaturated/α-hetero) is 2. The van der Waals surface area contributed by atoms with Crippen LogP contribution in [0.5, 0.6) is 0 Å². The van der Waals surface area contributed by atoms with Gasteiger partial charge in [-0.1, -0.05) is 57.2 Å². The molecule has 4 heterocycles. The first-order valence-electron chi connectivity index (χ1n) is 19.9. The van der Waals surface area contributed by atoms with Crippen molar-refractivity contribution in [1.82, 2.24) is 29.8 Å². The molecule has 5 aliphatic rings. The number of hydrogen-bond acceptors (Lipinski definition) is 12. The number of rotatable bonds is 9. The molecule has 16 nitrogen and oxygen atoms in total. The Labute approximate surface area is 343 Å². The van der Waals surface area contributed by atoms with Crippen molar-refractivity contribution in [3.05, 3.63) is 77.9 Å². The van der Waals surface area contributed by atoms with Crippen molar-refractivity contribution in [2.24, 2.45) is 22.7 Å². The Hall–Kier alpha value is -5.29. The Morgan fingerprint density at radius 2 is 1.88 bits per heavy atom. The van der Waals surface area contributed by atoms with E-state index in [1.165, 1.54) is 29.6 Å². The lowest BCUT2D eigenvalue weighted by Gasteiger charge is -2.35. The van der Waals surface area contributed by atoms with E-state index in [0.717, 1.165) is 16.7 Å². The number of carbonyl (C=O) groups is 6. The predicted octanol–water partition coefficient (Wildman–Crippen LogP) is 3.12. The van der Waals surface area contributed by atoms with E-state index >= 15 is 0 Å². The third kappa shape index (κ3) is 9.00. The quantitative estimate of drug-likeness (QED) is 0.349. The summed E-state index contributed by atoms with van der Waals surface area (Å²) < 4.78 is 39.7. The zero-order valence-electron chi connectivity index (χ0n) is 33.4. The number of nitrogens with zero attached hydrogens (tertiary/aromatic N) is 4. The standard InChI is InChI=1S/C42H50N6O10S/c1-5-27-18-42(27,39(53)46-59(55,56)29-11-12-29)19-36(50)34-16-28-22-48(34)38(52)31(41(2,3)4)17-35(49)33(45-37(51)32-20-43-13-14-44-32)24-57-15-7-10-25-8-6-9-26-21-47(23-30(25)26)40(54)58-28/h5-10,13-14,20,27-29,31,33-34H,1,11-12,15-19,21-24H2,2-4H3,(H,45,51)(H,46,53)/b10-7+/t27-,28-,31-,33+,34+,42-/m1/s1. The van der Waals surface area contributed by atoms with Gasteiger partial charge in [-0.2, -0.15) is 0 Å². The van der Waals surface area contributed by atoms with Crippen LogP contribution >= 0.6 is 0 Å². The molecule has 7 rings (SSSR count). The molecule has 17 heteroatoms. The minimum Gasteiger partial charge on any atom is -0.444 e. The highest BCUT2D eigenvalue weighted by Gasteiger charge is 2.61. The van der Waals surface area contributed by atoms with Gasteiger partial charge < -0.3 is 19.7 Å². The summed E-state index contributed by atoms with van der Waals surface area (Å²) in [5, 5.41) is 2.05. The van der Waals surface area contributed by atoms with E-state index in [-0.39, 0.29) is 64.2 Å². The highest BCUT2D eigenvalue weighted by atomic mass is 32.2. The molecule has 6 atom stereocenters. The van der Waals surface area contributed by atoms with Gasteiger partial charge in [-0.25, -0.2) is 18.2 Å². The van der Waals surface area contributed by atoms with Crippen molar-refractivity contribution >= 4 is 51.5 Å². The lowest BCUT2D eigenvalue weighted by atomic mass is 9.76. The van der Waals surface area contributed by atoms with Gasteiger partial charge in [-0.3, -0.25) is 38.6 Å². The van der Waals surface area contributed by atoms with Crippen LogP contribution in [0.4, 0.5) is 4.79 Å². The van der Waals surface area contributed by atoms with Crippen LogP contribution < -0.4 is 10.0 Å². The number of nitrogens with one attached hydrogen (secondary N) is 2. The van der Waals surface area contributed by atoms with Crippen molar-refractivity contribution in [2.75, 3.05) is 19.8 Å². The van der Waals surface area contributed by atoms with Crippen LogP contribution in [0.1, 0.15) is 86.5 Å². The summed E-state index contributed by atoms with van der Waals surface area (Å²) >= 11 is 0. The zero-order valence-corrected chi connectivity index (χ0v) is 34.2. The monoisotopic (exact) mass is 830 g/mol. The Kier molecular flexibility index (Phi) is 11.6. The van der Waals surface area contributed by atoms with E-state index in [4.69, 9.17) is 9.47 Å². The number of amides is 4. The van der Waals surface area contributed by atoms with Crippen LogP contribution in [0.2, 0.25) is 0 Å². The molecule has 0 spiro atoms. The fraction of sp³-hybridized carbons (Fsp3) is 0.524. The topological polar surface area (TPSA) is 211 Å². The van der Waals surface area contributed by atoms with Gasteiger partial charge in [0.1, 0.15) is 17.8 Å². The molecule has 314 valence electrons. The number of ketones is 2. The molecular formula is C42H50N6O10S. The average Bonchev–Trinajstić information content (AvgIpc) is 4.09. The van der Waals surface area contributed by atoms with Crippen LogP contribution in [-0.2, 0) is 51.8 Å². The number of carbonyl (C=O) groups excluding carboxylic acids is 6. The molecule has 0 radical (unpaired) electrons. The molecule has 3 fully saturated rings. The van der Waals surface area contributed by atoms with Crippen LogP contribution in [0.15, 0.2) is 55.5 Å². The molecule has 1 aromatic heterocycles. The molecule has 0 unspecified atom stereocenters. The lowest BCUT2D eigenvalue weighted by Crippen LogP contribution is -2.50. The summed E-state index contributed by atoms with van der Waals surface area (Å²) in [5.41, 5.74) is 0.459. The highest BCUT2D eigenvalue weighted by Crippen LogP contribution is 2.57. The third-order valence-corrected chi connectivity index (χ3v) is 13.9. The van der Waals surface area contributed by atoms with Crippen LogP contribution in [0.25, 0.3) is 6.08 Å². The second-order valence-electron chi connectivity index (χ2n) is 17.3. The number of ether oxygens (including phenoxy) is 2. The van der Waals surface area contributed by atoms with E-state index in [0.29, 0.717) is 12.8 Å². The van der Waals surface area contributed by atoms with Gasteiger partial charge in [-0.05, 0) is 47.3 Å². The first kappa shape index (κ1) is 41.9. The van der Waals surface area contributed by atoms with Crippen LogP contribution in [-0.4, -0.2) is 107 Å². The third-order valence-electron chi connectivity index (χ3n) is 12.1. The van der Waals surface area contributed by atoms with E-state index in [1.54, 1.807) is 31.7 Å². The maximum atomic E-state index is 14.9. The second kappa shape index (κ2) is 16.4. The van der Waals surface area contributed by atoms with Gasteiger partial charge in [-0.15, -0.1) is 6.58 Å². The molecular weight excluding hydrogens is 781 g/mol. The van der Waals surface area contributed by atoms with Crippen molar-refractivity contribution < 1.29 is 46.7 Å². The van der Waals surface area contributed by atoms with Gasteiger partial charge in [0.25, 0.3) is 5.91 Å². The average molecular weight is 831 g/mol. The van der Waals surface area contributed by atoms with Crippen LogP contribution in [0.3, 0.4) is 0 Å². The number of benzene rings is 1. The number of hydrogen-bond donors (Lipinski definition) is 2. The molecule has 2 N–H and O–H groups in total. The number of allylic oxidation sites excluding steroid dienone is 1. The minimum atomic E-state index is -3.91. The Morgan fingerprint density at radius 3 is 2.56 bits per heavy atom. The molecule has 1 saturated heterocycles. The number of sulfonamides is 1. The van der Waals surface area contributed by atoms with E-state index in [1.807, 2.05) is 24.3 Å². The maximum absolute atomic E-state index is 14.9. The molecule has 4 amide bonds. The Bertz CT molecular complexity index is 2190. The minimum absolute atomic E-state index is 0.0175. The number of aromatic nitrogens is 2. The van der Waals surface area contributed by atoms with Crippen molar-refractivity contribution in [1.29, 1.82) is 0 Å². The summed E-state index contributed by atoms with van der Waals surface area (Å²) in [6.45, 7) is 9.41. The maximum Gasteiger partial charge on any atom is 0.410 e. The molecule has 2 aliphatic carbocycles. The molecule has 2 saturated carbocycles. The highest BCUT2D eigenvalue weighted by molar-refractivity contribution is 7.90. The fourth-order valence-electron chi connectivity index (χ4n) is 8.29. The predicted molar refractivity (Wildman–Crippen MR) is 212 cm³/mol. The van der Waals surface area contributed by atoms with Crippen molar-refractivity contribution in [3.8, 4) is 0 Å². The summed E-state index contributed by atoms with van der Waals surface area (Å²) in [4.78, 5) is 95.1.